The van der Waals surface area contributed by atoms with Gasteiger partial charge in [0.25, 0.3) is 0 Å². The van der Waals surface area contributed by atoms with Crippen LogP contribution in [0.5, 0.6) is 5.75 Å². The van der Waals surface area contributed by atoms with Gasteiger partial charge in [-0.05, 0) is 47.2 Å². The molecule has 2 atom stereocenters. The Hall–Kier alpha value is -0.910. The van der Waals surface area contributed by atoms with Crippen molar-refractivity contribution in [2.24, 2.45) is 0 Å². The van der Waals surface area contributed by atoms with Crippen molar-refractivity contribution in [1.29, 1.82) is 0 Å². The Kier molecular flexibility index (Phi) is 4.10. The van der Waals surface area contributed by atoms with Crippen LogP contribution in [0.3, 0.4) is 0 Å². The first-order valence-corrected chi connectivity index (χ1v) is 8.00. The number of fused-ring (bicyclic) bond motifs is 1. The number of hydrogen-bond donors (Lipinski definition) is 1. The lowest BCUT2D eigenvalue weighted by Gasteiger charge is -2.32. The smallest absolute Gasteiger partial charge is 0.127 e. The van der Waals surface area contributed by atoms with Crippen LogP contribution in [0.4, 0.5) is 0 Å². The molecule has 1 aromatic carbocycles. The van der Waals surface area contributed by atoms with Crippen LogP contribution in [0.15, 0.2) is 45.6 Å². The fourth-order valence-electron chi connectivity index (χ4n) is 2.52. The van der Waals surface area contributed by atoms with Crippen LogP contribution in [0.25, 0.3) is 0 Å². The summed E-state index contributed by atoms with van der Waals surface area (Å²) in [4.78, 5) is 4.23. The minimum Gasteiger partial charge on any atom is -0.485 e. The lowest BCUT2D eigenvalue weighted by molar-refractivity contribution is 0.153. The molecule has 0 amide bonds. The highest BCUT2D eigenvalue weighted by Crippen LogP contribution is 2.41. The lowest BCUT2D eigenvalue weighted by atomic mass is 9.94. The summed E-state index contributed by atoms with van der Waals surface area (Å²) in [5.41, 5.74) is 2.29. The SMILES string of the molecule is CNC1CC(c2cncc(Br)c2)Oc2ccc(Br)cc21. The minimum atomic E-state index is 0.0196. The average molecular weight is 398 g/mol. The number of nitrogens with zero attached hydrogens (tertiary/aromatic N) is 1. The van der Waals surface area contributed by atoms with Gasteiger partial charge in [0, 0.05) is 44.9 Å². The van der Waals surface area contributed by atoms with Crippen molar-refractivity contribution in [3.63, 3.8) is 0 Å². The minimum absolute atomic E-state index is 0.0196. The molecule has 0 radical (unpaired) electrons. The Labute approximate surface area is 135 Å². The average Bonchev–Trinajstić information content (AvgIpc) is 2.46. The highest BCUT2D eigenvalue weighted by atomic mass is 79.9. The number of hydrogen-bond acceptors (Lipinski definition) is 3. The van der Waals surface area contributed by atoms with Crippen molar-refractivity contribution in [1.82, 2.24) is 10.3 Å². The summed E-state index contributed by atoms with van der Waals surface area (Å²) >= 11 is 6.98. The maximum atomic E-state index is 6.14. The molecule has 5 heteroatoms. The topological polar surface area (TPSA) is 34.2 Å². The van der Waals surface area contributed by atoms with Crippen LogP contribution in [-0.2, 0) is 0 Å². The van der Waals surface area contributed by atoms with Gasteiger partial charge < -0.3 is 10.1 Å². The van der Waals surface area contributed by atoms with Crippen molar-refractivity contribution in [2.45, 2.75) is 18.6 Å². The maximum Gasteiger partial charge on any atom is 0.127 e. The van der Waals surface area contributed by atoms with Gasteiger partial charge in [0.15, 0.2) is 0 Å². The zero-order valence-corrected chi connectivity index (χ0v) is 14.1. The largest absolute Gasteiger partial charge is 0.485 e. The fourth-order valence-corrected chi connectivity index (χ4v) is 3.28. The van der Waals surface area contributed by atoms with E-state index in [-0.39, 0.29) is 12.1 Å². The van der Waals surface area contributed by atoms with Crippen LogP contribution in [0.1, 0.15) is 29.7 Å². The fraction of sp³-hybridized carbons (Fsp3) is 0.267. The van der Waals surface area contributed by atoms with E-state index in [2.05, 4.69) is 54.3 Å². The first-order valence-electron chi connectivity index (χ1n) is 6.41. The molecule has 0 fully saturated rings. The molecule has 104 valence electrons. The van der Waals surface area contributed by atoms with Crippen molar-refractivity contribution >= 4 is 31.9 Å². The van der Waals surface area contributed by atoms with Gasteiger partial charge in [0.2, 0.25) is 0 Å². The standard InChI is InChI=1S/C15H14Br2N2O/c1-18-13-6-15(9-4-11(17)8-19-7-9)20-14-3-2-10(16)5-12(13)14/h2-5,7-8,13,15,18H,6H2,1H3. The number of ether oxygens (including phenoxy) is 1. The van der Waals surface area contributed by atoms with Gasteiger partial charge >= 0.3 is 0 Å². The van der Waals surface area contributed by atoms with Crippen LogP contribution < -0.4 is 10.1 Å². The summed E-state index contributed by atoms with van der Waals surface area (Å²) in [6.45, 7) is 0. The van der Waals surface area contributed by atoms with E-state index in [9.17, 15) is 0 Å². The van der Waals surface area contributed by atoms with Crippen molar-refractivity contribution in [3.8, 4) is 5.75 Å². The predicted octanol–water partition coefficient (Wildman–Crippen LogP) is 4.39. The first-order chi connectivity index (χ1) is 9.67. The predicted molar refractivity (Wildman–Crippen MR) is 85.9 cm³/mol. The maximum absolute atomic E-state index is 6.14. The molecule has 1 aliphatic rings. The second-order valence-corrected chi connectivity index (χ2v) is 6.63. The molecule has 2 heterocycles. The molecule has 1 aromatic heterocycles. The summed E-state index contributed by atoms with van der Waals surface area (Å²) in [6.07, 6.45) is 4.56. The zero-order chi connectivity index (χ0) is 14.1. The molecule has 0 bridgehead atoms. The van der Waals surface area contributed by atoms with Gasteiger partial charge in [-0.2, -0.15) is 0 Å². The van der Waals surface area contributed by atoms with Gasteiger partial charge in [-0.3, -0.25) is 4.98 Å². The van der Waals surface area contributed by atoms with E-state index in [1.807, 2.05) is 25.4 Å². The monoisotopic (exact) mass is 396 g/mol. The molecule has 1 aliphatic heterocycles. The summed E-state index contributed by atoms with van der Waals surface area (Å²) in [5, 5.41) is 3.37. The third kappa shape index (κ3) is 2.75. The van der Waals surface area contributed by atoms with Gasteiger partial charge in [0.05, 0.1) is 0 Å². The summed E-state index contributed by atoms with van der Waals surface area (Å²) in [6, 6.07) is 8.48. The first kappa shape index (κ1) is 14.0. The summed E-state index contributed by atoms with van der Waals surface area (Å²) in [7, 11) is 1.98. The quantitative estimate of drug-likeness (QED) is 0.815. The number of halogens is 2. The van der Waals surface area contributed by atoms with E-state index >= 15 is 0 Å². The molecule has 3 rings (SSSR count). The van der Waals surface area contributed by atoms with E-state index in [1.165, 1.54) is 5.56 Å². The van der Waals surface area contributed by atoms with Crippen LogP contribution in [-0.4, -0.2) is 12.0 Å². The lowest BCUT2D eigenvalue weighted by Crippen LogP contribution is -2.26. The van der Waals surface area contributed by atoms with E-state index in [0.717, 1.165) is 26.7 Å². The third-order valence-electron chi connectivity index (χ3n) is 3.51. The van der Waals surface area contributed by atoms with Gasteiger partial charge in [-0.1, -0.05) is 15.9 Å². The van der Waals surface area contributed by atoms with Gasteiger partial charge in [-0.25, -0.2) is 0 Å². The molecule has 1 N–H and O–H groups in total. The molecule has 0 saturated carbocycles. The molecule has 0 saturated heterocycles. The Balaban J connectivity index is 1.96. The van der Waals surface area contributed by atoms with Crippen LogP contribution >= 0.6 is 31.9 Å². The number of benzene rings is 1. The molecule has 20 heavy (non-hydrogen) atoms. The zero-order valence-electron chi connectivity index (χ0n) is 10.9. The number of aromatic nitrogens is 1. The highest BCUT2D eigenvalue weighted by Gasteiger charge is 2.28. The van der Waals surface area contributed by atoms with Gasteiger partial charge in [-0.15, -0.1) is 0 Å². The normalized spacial score (nSPS) is 21.1. The van der Waals surface area contributed by atoms with Gasteiger partial charge in [0.1, 0.15) is 11.9 Å². The van der Waals surface area contributed by atoms with E-state index in [1.54, 1.807) is 6.20 Å². The Morgan fingerprint density at radius 2 is 2.05 bits per heavy atom. The van der Waals surface area contributed by atoms with Crippen LogP contribution in [0, 0.1) is 0 Å². The Bertz CT molecular complexity index is 633. The molecule has 2 unspecified atom stereocenters. The molecule has 2 aromatic rings. The number of nitrogens with one attached hydrogen (secondary N) is 1. The molecular weight excluding hydrogens is 384 g/mol. The number of pyridine rings is 1. The second kappa shape index (κ2) is 5.84. The van der Waals surface area contributed by atoms with Crippen molar-refractivity contribution < 1.29 is 4.74 Å². The van der Waals surface area contributed by atoms with E-state index in [0.29, 0.717) is 0 Å². The Morgan fingerprint density at radius 1 is 1.20 bits per heavy atom. The third-order valence-corrected chi connectivity index (χ3v) is 4.44. The molecular formula is C15H14Br2N2O. The second-order valence-electron chi connectivity index (χ2n) is 4.80. The van der Waals surface area contributed by atoms with E-state index in [4.69, 9.17) is 4.74 Å². The molecule has 0 spiro atoms. The summed E-state index contributed by atoms with van der Waals surface area (Å²) < 4.78 is 8.18. The molecule has 0 aliphatic carbocycles. The van der Waals surface area contributed by atoms with Crippen molar-refractivity contribution in [2.75, 3.05) is 7.05 Å². The number of rotatable bonds is 2. The van der Waals surface area contributed by atoms with Crippen LogP contribution in [0.2, 0.25) is 0 Å². The van der Waals surface area contributed by atoms with Crippen molar-refractivity contribution in [3.05, 3.63) is 56.7 Å². The highest BCUT2D eigenvalue weighted by molar-refractivity contribution is 9.10. The summed E-state index contributed by atoms with van der Waals surface area (Å²) in [5.74, 6) is 0.934. The van der Waals surface area contributed by atoms with E-state index < -0.39 is 0 Å². The Morgan fingerprint density at radius 3 is 2.80 bits per heavy atom. The molecule has 3 nitrogen and oxygen atoms in total.